The first-order valence-corrected chi connectivity index (χ1v) is 45.1. The summed E-state index contributed by atoms with van der Waals surface area (Å²) >= 11 is 0. The van der Waals surface area contributed by atoms with Gasteiger partial charge in [-0.15, -0.1) is 0 Å². The van der Waals surface area contributed by atoms with E-state index in [1.54, 1.807) is 6.08 Å². The van der Waals surface area contributed by atoms with Crippen LogP contribution in [0.2, 0.25) is 0 Å². The van der Waals surface area contributed by atoms with Crippen molar-refractivity contribution in [3.05, 3.63) is 24.3 Å². The second-order valence-corrected chi connectivity index (χ2v) is 33.8. The Bertz CT molecular complexity index is 2970. The summed E-state index contributed by atoms with van der Waals surface area (Å²) < 4.78 is 72.2. The van der Waals surface area contributed by atoms with Crippen molar-refractivity contribution in [1.82, 2.24) is 16.0 Å². The summed E-state index contributed by atoms with van der Waals surface area (Å²) in [5.74, 6) is -7.60. The van der Waals surface area contributed by atoms with Crippen LogP contribution in [0.25, 0.3) is 0 Å². The minimum Gasteiger partial charge on any atom is -0.477 e. The number of rotatable bonds is 59. The average Bonchev–Trinajstić information content (AvgIpc) is 0.756. The van der Waals surface area contributed by atoms with E-state index in [4.69, 9.17) is 56.8 Å². The summed E-state index contributed by atoms with van der Waals surface area (Å²) in [7, 11) is 0. The monoisotopic (exact) mass is 1770 g/mol. The molecule has 0 bridgehead atoms. The van der Waals surface area contributed by atoms with E-state index >= 15 is 0 Å². The number of ether oxygens (including phenoxy) is 12. The van der Waals surface area contributed by atoms with E-state index in [2.05, 4.69) is 41.9 Å². The number of amides is 3. The number of hydrogen-bond donors (Lipinski definition) is 22. The molecule has 6 fully saturated rings. The molecule has 123 heavy (non-hydrogen) atoms. The maximum absolute atomic E-state index is 13.6. The van der Waals surface area contributed by atoms with E-state index in [0.717, 1.165) is 78.1 Å². The molecule has 0 spiro atoms. The molecule has 0 radical (unpaired) electrons. The van der Waals surface area contributed by atoms with Gasteiger partial charge in [0.05, 0.1) is 70.0 Å². The molecule has 0 aliphatic carbocycles. The molecule has 6 aliphatic rings. The summed E-state index contributed by atoms with van der Waals surface area (Å²) in [4.78, 5) is 52.8. The fourth-order valence-corrected chi connectivity index (χ4v) is 16.5. The number of hydrogen-bond acceptors (Lipinski definition) is 34. The molecule has 38 nitrogen and oxygen atoms in total. The van der Waals surface area contributed by atoms with E-state index < -0.39 is 266 Å². The quantitative estimate of drug-likeness (QED) is 0.0280. The first kappa shape index (κ1) is 108. The number of carboxylic acid groups (broad SMARTS) is 1. The van der Waals surface area contributed by atoms with Crippen LogP contribution in [0.5, 0.6) is 0 Å². The molecule has 0 aromatic rings. The number of allylic oxidation sites excluding steroid dienone is 3. The molecule has 0 aromatic carbocycles. The first-order valence-electron chi connectivity index (χ1n) is 45.1. The minimum atomic E-state index is -3.29. The van der Waals surface area contributed by atoms with Gasteiger partial charge in [-0.3, -0.25) is 14.4 Å². The summed E-state index contributed by atoms with van der Waals surface area (Å²) in [5.41, 5.74) is 0. The molecule has 6 heterocycles. The molecule has 33 atom stereocenters. The van der Waals surface area contributed by atoms with Crippen molar-refractivity contribution >= 4 is 23.7 Å². The Labute approximate surface area is 722 Å². The smallest absolute Gasteiger partial charge is 0.364 e. The number of aliphatic hydroxyl groups excluding tert-OH is 18. The topological polar surface area (TPSA) is 600 Å². The highest BCUT2D eigenvalue weighted by Crippen LogP contribution is 2.41. The highest BCUT2D eigenvalue weighted by molar-refractivity contribution is 5.77. The number of carbonyl (C=O) groups excluding carboxylic acids is 3. The van der Waals surface area contributed by atoms with Gasteiger partial charge in [-0.05, 0) is 51.9 Å². The number of unbranched alkanes of at least 4 members (excludes halogenated alkanes) is 28. The molecule has 0 saturated carbocycles. The Kier molecular flexibility index (Phi) is 50.3. The van der Waals surface area contributed by atoms with Gasteiger partial charge in [0.1, 0.15) is 134 Å². The lowest BCUT2D eigenvalue weighted by molar-refractivity contribution is -0.398. The minimum absolute atomic E-state index is 0.155. The number of nitrogens with one attached hydrogen (secondary N) is 3. The van der Waals surface area contributed by atoms with Crippen LogP contribution in [-0.4, -0.2) is 362 Å². The maximum Gasteiger partial charge on any atom is 0.364 e. The number of carbonyl (C=O) groups is 4. The first-order chi connectivity index (χ1) is 59.0. The summed E-state index contributed by atoms with van der Waals surface area (Å²) in [6.07, 6.45) is -16.4. The lowest BCUT2D eigenvalue weighted by atomic mass is 9.88. The SMILES string of the molecule is CCCCCCCC/C=C\CCCCCCCCCCCCCC(=O)N[C@@H](CO[C@@H]1OC(CO)[C@@H](O[C@@H]2OC(CO)[C@H](O[C@@H]3OC(CO)[C@H](O[C@H]4OC(C)[C@@H](O)C(O)[C@@H]4O)[C@H](O[C@@H]4OC(CO)[C@H](O)[C@H](O[C@]5(C(=O)O)CC(O)[C@@H](NC(C)=O)C([C@H](O)[C@H](O)CO)O5)C4O)C3NC(C)=O)[C@H](O)C2O)[C@H](O)C1O)[C@H](O)/C=C/CCCCCCCCCCCCC. The van der Waals surface area contributed by atoms with Crippen LogP contribution in [0.1, 0.15) is 247 Å². The third-order valence-corrected chi connectivity index (χ3v) is 23.8. The summed E-state index contributed by atoms with van der Waals surface area (Å²) in [5, 5.41) is 221. The second kappa shape index (κ2) is 57.4. The van der Waals surface area contributed by atoms with Crippen LogP contribution >= 0.6 is 0 Å². The fraction of sp³-hybridized carbons (Fsp3) is 0.906. The molecule has 0 aromatic heterocycles. The normalized spacial score (nSPS) is 35.5. The Hall–Kier alpha value is -3.84. The van der Waals surface area contributed by atoms with Gasteiger partial charge >= 0.3 is 5.97 Å². The van der Waals surface area contributed by atoms with E-state index in [-0.39, 0.29) is 12.3 Å². The third kappa shape index (κ3) is 33.5. The van der Waals surface area contributed by atoms with Crippen LogP contribution in [0, 0.1) is 0 Å². The van der Waals surface area contributed by atoms with E-state index in [1.807, 2.05) is 6.08 Å². The number of carboxylic acids is 1. The van der Waals surface area contributed by atoms with Gasteiger partial charge in [-0.2, -0.15) is 0 Å². The van der Waals surface area contributed by atoms with Gasteiger partial charge < -0.3 is 170 Å². The highest BCUT2D eigenvalue weighted by Gasteiger charge is 2.62. The van der Waals surface area contributed by atoms with Crippen molar-refractivity contribution in [3.63, 3.8) is 0 Å². The van der Waals surface area contributed by atoms with Crippen molar-refractivity contribution in [1.29, 1.82) is 0 Å². The Balaban J connectivity index is 1.14. The molecular formula is C85H151N3O35. The standard InChI is InChI=1S/C85H151N3O35/c1-6-8-10-12-14-16-18-20-21-22-23-24-25-26-27-29-31-33-35-37-39-41-60(99)88-52(53(96)40-38-36-34-32-30-28-19-17-15-13-11-9-7-2)48-112-80-70(107)67(104)74(57(45-91)116-80)119-82-71(108)68(105)73(58(46-92)117-82)118-79-62(87-51(5)95)77(75(59(47-93)115-79)120-81-69(106)66(103)63(100)49(3)113-81)121-83-72(109)78(65(102)56(44-90)114-83)123-85(84(110)111)42-54(97)61(86-50(4)94)76(122-85)64(101)55(98)43-89/h20-21,38,40,49,52-59,61-83,89-93,96-98,100-109H,6-19,22-37,39,41-48H2,1-5H3,(H,86,94)(H,87,95)(H,88,99)(H,110,111)/b21-20-,40-38+/t49?,52-,53+,54?,55+,56?,57?,58?,59?,61+,62?,63+,64+,65-,66?,67+,68+,69-,70?,71?,72?,73-,74+,75-,76?,77+,78-,79-,80+,81+,82-,83-,85-/m0/s1. The molecule has 12 unspecified atom stereocenters. The zero-order valence-electron chi connectivity index (χ0n) is 72.4. The number of aliphatic hydroxyl groups is 18. The molecule has 3 amide bonds. The predicted octanol–water partition coefficient (Wildman–Crippen LogP) is -0.0740. The second-order valence-electron chi connectivity index (χ2n) is 33.8. The summed E-state index contributed by atoms with van der Waals surface area (Å²) in [6.45, 7) is 1.54. The van der Waals surface area contributed by atoms with E-state index in [0.29, 0.717) is 12.8 Å². The molecular weight excluding hydrogens is 1620 g/mol. The van der Waals surface area contributed by atoms with Gasteiger partial charge in [0.15, 0.2) is 31.5 Å². The van der Waals surface area contributed by atoms with Crippen LogP contribution in [0.15, 0.2) is 24.3 Å². The molecule has 6 saturated heterocycles. The van der Waals surface area contributed by atoms with Crippen LogP contribution in [0.3, 0.4) is 0 Å². The molecule has 22 N–H and O–H groups in total. The predicted molar refractivity (Wildman–Crippen MR) is 437 cm³/mol. The van der Waals surface area contributed by atoms with Gasteiger partial charge in [-0.25, -0.2) is 4.79 Å². The lowest BCUT2D eigenvalue weighted by Crippen LogP contribution is -2.72. The Morgan fingerprint density at radius 1 is 0.439 bits per heavy atom. The molecule has 6 aliphatic heterocycles. The van der Waals surface area contributed by atoms with Crippen LogP contribution in [-0.2, 0) is 76.0 Å². The van der Waals surface area contributed by atoms with Crippen LogP contribution in [0.4, 0.5) is 0 Å². The third-order valence-electron chi connectivity index (χ3n) is 23.8. The summed E-state index contributed by atoms with van der Waals surface area (Å²) in [6, 6.07) is -4.82. The zero-order valence-corrected chi connectivity index (χ0v) is 72.4. The van der Waals surface area contributed by atoms with Crippen molar-refractivity contribution in [2.75, 3.05) is 39.6 Å². The van der Waals surface area contributed by atoms with Gasteiger partial charge in [0.25, 0.3) is 5.79 Å². The van der Waals surface area contributed by atoms with Crippen molar-refractivity contribution in [2.24, 2.45) is 0 Å². The lowest BCUT2D eigenvalue weighted by Gasteiger charge is -2.52. The van der Waals surface area contributed by atoms with Gasteiger partial charge in [0, 0.05) is 26.7 Å². The average molecular weight is 1780 g/mol. The van der Waals surface area contributed by atoms with E-state index in [9.17, 15) is 116 Å². The van der Waals surface area contributed by atoms with Gasteiger partial charge in [-0.1, -0.05) is 192 Å². The van der Waals surface area contributed by atoms with Crippen molar-refractivity contribution < 1.29 is 173 Å². The fourth-order valence-electron chi connectivity index (χ4n) is 16.5. The Morgan fingerprint density at radius 2 is 0.846 bits per heavy atom. The van der Waals surface area contributed by atoms with E-state index in [1.165, 1.54) is 129 Å². The highest BCUT2D eigenvalue weighted by atomic mass is 16.8. The zero-order chi connectivity index (χ0) is 90.3. The van der Waals surface area contributed by atoms with Crippen LogP contribution < -0.4 is 16.0 Å². The van der Waals surface area contributed by atoms with Crippen molar-refractivity contribution in [3.8, 4) is 0 Å². The Morgan fingerprint density at radius 3 is 1.34 bits per heavy atom. The molecule has 716 valence electrons. The maximum atomic E-state index is 13.6. The molecule has 6 rings (SSSR count). The number of aliphatic carboxylic acids is 1. The molecule has 38 heteroatoms. The largest absolute Gasteiger partial charge is 0.477 e. The van der Waals surface area contributed by atoms with Gasteiger partial charge in [0.2, 0.25) is 17.7 Å². The van der Waals surface area contributed by atoms with Crippen molar-refractivity contribution in [2.45, 2.75) is 448 Å².